The molecule has 1 saturated heterocycles. The van der Waals surface area contributed by atoms with E-state index in [1.54, 1.807) is 17.0 Å². The molecule has 0 saturated carbocycles. The normalized spacial score (nSPS) is 20.2. The first-order chi connectivity index (χ1) is 12.5. The third-order valence-electron chi connectivity index (χ3n) is 5.25. The summed E-state index contributed by atoms with van der Waals surface area (Å²) in [6.07, 6.45) is 1.89. The van der Waals surface area contributed by atoms with Crippen LogP contribution in [0.15, 0.2) is 24.3 Å². The Morgan fingerprint density at radius 3 is 2.77 bits per heavy atom. The zero-order valence-corrected chi connectivity index (χ0v) is 14.7. The number of ether oxygens (including phenoxy) is 1. The topological polar surface area (TPSA) is 62.4 Å². The van der Waals surface area contributed by atoms with Gasteiger partial charge in [0, 0.05) is 24.2 Å². The van der Waals surface area contributed by atoms with Crippen molar-refractivity contribution in [1.29, 1.82) is 0 Å². The van der Waals surface area contributed by atoms with Gasteiger partial charge in [0.2, 0.25) is 0 Å². The van der Waals surface area contributed by atoms with Crippen LogP contribution in [0.5, 0.6) is 0 Å². The molecular formula is C20H21FN2O3. The van der Waals surface area contributed by atoms with Gasteiger partial charge >= 0.3 is 0 Å². The number of fused-ring (bicyclic) bond motifs is 1. The molecule has 2 aliphatic rings. The minimum Gasteiger partial charge on any atom is -0.370 e. The van der Waals surface area contributed by atoms with E-state index in [-0.39, 0.29) is 23.6 Å². The third kappa shape index (κ3) is 2.94. The van der Waals surface area contributed by atoms with E-state index in [0.29, 0.717) is 37.4 Å². The first-order valence-corrected chi connectivity index (χ1v) is 8.95. The molecule has 6 heteroatoms. The fourth-order valence-electron chi connectivity index (χ4n) is 3.86. The van der Waals surface area contributed by atoms with Crippen LogP contribution >= 0.6 is 0 Å². The molecule has 1 N–H and O–H groups in total. The third-order valence-corrected chi connectivity index (χ3v) is 5.25. The minimum atomic E-state index is -0.297. The molecule has 1 fully saturated rings. The Bertz CT molecular complexity index is 857. The zero-order valence-electron chi connectivity index (χ0n) is 14.7. The quantitative estimate of drug-likeness (QED) is 0.899. The predicted octanol–water partition coefficient (Wildman–Crippen LogP) is 3.19. The molecular weight excluding hydrogens is 335 g/mol. The Labute approximate surface area is 151 Å². The molecule has 1 amide bonds. The molecule has 1 unspecified atom stereocenters. The number of Topliss-reactive ketones (excluding diaryl/α,β-unsaturated/α-hetero) is 1. The second-order valence-corrected chi connectivity index (χ2v) is 6.92. The molecule has 1 atom stereocenters. The summed E-state index contributed by atoms with van der Waals surface area (Å²) in [7, 11) is 0. The molecule has 5 nitrogen and oxygen atoms in total. The number of ketones is 1. The molecule has 2 aromatic rings. The van der Waals surface area contributed by atoms with Gasteiger partial charge < -0.3 is 14.6 Å². The molecule has 0 bridgehead atoms. The molecule has 0 radical (unpaired) electrons. The van der Waals surface area contributed by atoms with Crippen molar-refractivity contribution in [2.45, 2.75) is 32.3 Å². The number of carbonyl (C=O) groups excluding carboxylic acids is 2. The summed E-state index contributed by atoms with van der Waals surface area (Å²) >= 11 is 0. The number of nitrogens with zero attached hydrogens (tertiary/aromatic N) is 1. The lowest BCUT2D eigenvalue weighted by molar-refractivity contribution is -0.0230. The van der Waals surface area contributed by atoms with Crippen molar-refractivity contribution in [3.63, 3.8) is 0 Å². The van der Waals surface area contributed by atoms with Crippen LogP contribution in [0.4, 0.5) is 4.39 Å². The number of benzene rings is 1. The maximum Gasteiger partial charge on any atom is 0.270 e. The number of hydrogen-bond acceptors (Lipinski definition) is 3. The van der Waals surface area contributed by atoms with E-state index < -0.39 is 0 Å². The number of nitrogens with one attached hydrogen (secondary N) is 1. The molecule has 4 rings (SSSR count). The molecule has 136 valence electrons. The summed E-state index contributed by atoms with van der Waals surface area (Å²) in [5.41, 5.74) is 3.68. The van der Waals surface area contributed by atoms with Crippen LogP contribution in [0, 0.1) is 12.7 Å². The number of halogens is 1. The lowest BCUT2D eigenvalue weighted by atomic mass is 9.93. The predicted molar refractivity (Wildman–Crippen MR) is 93.8 cm³/mol. The molecule has 1 aliphatic heterocycles. The van der Waals surface area contributed by atoms with Crippen LogP contribution in [0.25, 0.3) is 0 Å². The average Bonchev–Trinajstić information content (AvgIpc) is 3.00. The second kappa shape index (κ2) is 6.68. The van der Waals surface area contributed by atoms with Crippen molar-refractivity contribution in [1.82, 2.24) is 9.88 Å². The van der Waals surface area contributed by atoms with E-state index in [9.17, 15) is 14.0 Å². The van der Waals surface area contributed by atoms with Crippen molar-refractivity contribution in [2.24, 2.45) is 0 Å². The van der Waals surface area contributed by atoms with E-state index >= 15 is 0 Å². The number of aryl methyl sites for hydroxylation is 1. The summed E-state index contributed by atoms with van der Waals surface area (Å²) in [6.45, 7) is 3.16. The number of aromatic amines is 1. The number of carbonyl (C=O) groups is 2. The summed E-state index contributed by atoms with van der Waals surface area (Å²) in [5.74, 6) is -0.292. The van der Waals surface area contributed by atoms with Crippen LogP contribution in [-0.2, 0) is 11.2 Å². The van der Waals surface area contributed by atoms with Gasteiger partial charge in [0.15, 0.2) is 5.78 Å². The van der Waals surface area contributed by atoms with E-state index in [1.165, 1.54) is 12.1 Å². The minimum absolute atomic E-state index is 0.111. The highest BCUT2D eigenvalue weighted by Crippen LogP contribution is 2.29. The first kappa shape index (κ1) is 17.0. The molecule has 1 aromatic heterocycles. The molecule has 26 heavy (non-hydrogen) atoms. The van der Waals surface area contributed by atoms with E-state index in [1.807, 2.05) is 6.92 Å². The molecule has 2 heterocycles. The van der Waals surface area contributed by atoms with Crippen molar-refractivity contribution in [2.75, 3.05) is 19.7 Å². The zero-order chi connectivity index (χ0) is 18.3. The van der Waals surface area contributed by atoms with Gasteiger partial charge in [0.25, 0.3) is 5.91 Å². The maximum absolute atomic E-state index is 13.1. The van der Waals surface area contributed by atoms with Gasteiger partial charge in [0.05, 0.1) is 13.2 Å². The van der Waals surface area contributed by atoms with Gasteiger partial charge in [-0.05, 0) is 43.0 Å². The van der Waals surface area contributed by atoms with Gasteiger partial charge in [-0.3, -0.25) is 9.59 Å². The van der Waals surface area contributed by atoms with E-state index in [4.69, 9.17) is 4.74 Å². The van der Waals surface area contributed by atoms with Gasteiger partial charge in [-0.25, -0.2) is 4.39 Å². The van der Waals surface area contributed by atoms with Crippen LogP contribution in [0.2, 0.25) is 0 Å². The maximum atomic E-state index is 13.1. The molecule has 0 spiro atoms. The Morgan fingerprint density at radius 2 is 2.04 bits per heavy atom. The fourth-order valence-corrected chi connectivity index (χ4v) is 3.86. The van der Waals surface area contributed by atoms with Crippen LogP contribution < -0.4 is 0 Å². The van der Waals surface area contributed by atoms with E-state index in [2.05, 4.69) is 4.98 Å². The van der Waals surface area contributed by atoms with E-state index in [0.717, 1.165) is 29.7 Å². The Hall–Kier alpha value is -2.47. The van der Waals surface area contributed by atoms with Crippen LogP contribution in [0.3, 0.4) is 0 Å². The summed E-state index contributed by atoms with van der Waals surface area (Å²) in [6, 6.07) is 6.17. The number of amides is 1. The molecule has 1 aliphatic carbocycles. The van der Waals surface area contributed by atoms with Crippen molar-refractivity contribution < 1.29 is 18.7 Å². The standard InChI is InChI=1S/C20H21FN2O3/c1-12-18-15(3-2-4-16(18)24)22-19(12)20(25)23-9-10-26-17(11-23)13-5-7-14(21)8-6-13/h5-8,17,22H,2-4,9-11H2,1H3. The number of hydrogen-bond donors (Lipinski definition) is 1. The van der Waals surface area contributed by atoms with Crippen molar-refractivity contribution in [3.8, 4) is 0 Å². The lowest BCUT2D eigenvalue weighted by Crippen LogP contribution is -2.42. The number of aromatic nitrogens is 1. The second-order valence-electron chi connectivity index (χ2n) is 6.92. The Kier molecular flexibility index (Phi) is 4.36. The number of H-pyrrole nitrogens is 1. The van der Waals surface area contributed by atoms with Crippen molar-refractivity contribution in [3.05, 3.63) is 58.2 Å². The van der Waals surface area contributed by atoms with Crippen molar-refractivity contribution >= 4 is 11.7 Å². The largest absolute Gasteiger partial charge is 0.370 e. The smallest absolute Gasteiger partial charge is 0.270 e. The number of morpholine rings is 1. The van der Waals surface area contributed by atoms with Crippen LogP contribution in [0.1, 0.15) is 56.6 Å². The summed E-state index contributed by atoms with van der Waals surface area (Å²) in [5, 5.41) is 0. The van der Waals surface area contributed by atoms with Gasteiger partial charge in [-0.2, -0.15) is 0 Å². The summed E-state index contributed by atoms with van der Waals surface area (Å²) in [4.78, 5) is 30.2. The summed E-state index contributed by atoms with van der Waals surface area (Å²) < 4.78 is 18.9. The Balaban J connectivity index is 1.57. The lowest BCUT2D eigenvalue weighted by Gasteiger charge is -2.33. The fraction of sp³-hybridized carbons (Fsp3) is 0.400. The van der Waals surface area contributed by atoms with Crippen LogP contribution in [-0.4, -0.2) is 41.3 Å². The monoisotopic (exact) mass is 356 g/mol. The first-order valence-electron chi connectivity index (χ1n) is 8.95. The van der Waals surface area contributed by atoms with Gasteiger partial charge in [0.1, 0.15) is 17.6 Å². The highest BCUT2D eigenvalue weighted by molar-refractivity contribution is 6.04. The number of rotatable bonds is 2. The van der Waals surface area contributed by atoms with Gasteiger partial charge in [-0.1, -0.05) is 12.1 Å². The highest BCUT2D eigenvalue weighted by Gasteiger charge is 2.31. The highest BCUT2D eigenvalue weighted by atomic mass is 19.1. The Morgan fingerprint density at radius 1 is 1.27 bits per heavy atom. The van der Waals surface area contributed by atoms with Gasteiger partial charge in [-0.15, -0.1) is 0 Å². The SMILES string of the molecule is Cc1c(C(=O)N2CCOC(c3ccc(F)cc3)C2)[nH]c2c1C(=O)CCC2. The molecule has 1 aromatic carbocycles. The average molecular weight is 356 g/mol.